The van der Waals surface area contributed by atoms with Crippen molar-refractivity contribution in [2.45, 2.75) is 31.1 Å². The molecule has 1 aliphatic heterocycles. The lowest BCUT2D eigenvalue weighted by Crippen LogP contribution is -2.37. The number of thiol groups is 1. The molecule has 0 radical (unpaired) electrons. The Morgan fingerprint density at radius 1 is 1.25 bits per heavy atom. The van der Waals surface area contributed by atoms with Gasteiger partial charge in [0.25, 0.3) is 0 Å². The summed E-state index contributed by atoms with van der Waals surface area (Å²) in [4.78, 5) is 13.9. The van der Waals surface area contributed by atoms with Gasteiger partial charge in [-0.05, 0) is 11.4 Å². The van der Waals surface area contributed by atoms with Crippen LogP contribution in [0.3, 0.4) is 0 Å². The summed E-state index contributed by atoms with van der Waals surface area (Å²) < 4.78 is 30.7. The molecule has 0 aromatic carbocycles. The Labute approximate surface area is 165 Å². The summed E-state index contributed by atoms with van der Waals surface area (Å²) >= 11 is 1.62. The molecule has 13 heteroatoms. The number of aliphatic hydroxyl groups is 2. The molecule has 1 saturated heterocycles. The molecule has 4 atom stereocenters. The maximum Gasteiger partial charge on any atom is 0.201 e. The zero-order valence-electron chi connectivity index (χ0n) is 14.4. The maximum atomic E-state index is 10.7. The van der Waals surface area contributed by atoms with Gasteiger partial charge in [0, 0.05) is 11.4 Å². The number of nitrogens with one attached hydrogen (secondary N) is 2. The summed E-state index contributed by atoms with van der Waals surface area (Å²) in [6.07, 6.45) is -1.58. The van der Waals surface area contributed by atoms with Gasteiger partial charge in [-0.25, -0.2) is 28.1 Å². The zero-order valence-corrected chi connectivity index (χ0v) is 16.1. The van der Waals surface area contributed by atoms with Gasteiger partial charge in [0.15, 0.2) is 23.2 Å². The van der Waals surface area contributed by atoms with Crippen LogP contribution in [0.15, 0.2) is 30.2 Å². The predicted octanol–water partition coefficient (Wildman–Crippen LogP) is -0.765. The summed E-state index contributed by atoms with van der Waals surface area (Å²) in [6.45, 7) is 0.432. The molecule has 3 aromatic heterocycles. The van der Waals surface area contributed by atoms with Crippen LogP contribution in [0.25, 0.3) is 11.2 Å². The highest BCUT2D eigenvalue weighted by molar-refractivity contribution is 7.70. The second kappa shape index (κ2) is 8.06. The van der Waals surface area contributed by atoms with Crippen LogP contribution in [-0.4, -0.2) is 63.0 Å². The molecule has 28 heavy (non-hydrogen) atoms. The summed E-state index contributed by atoms with van der Waals surface area (Å²) in [5, 5.41) is 25.7. The molecule has 4 heterocycles. The van der Waals surface area contributed by atoms with Gasteiger partial charge in [-0.2, -0.15) is 0 Å². The second-order valence-electron chi connectivity index (χ2n) is 6.14. The Balaban J connectivity index is 1.56. The van der Waals surface area contributed by atoms with Crippen LogP contribution < -0.4 is 10.0 Å². The lowest BCUT2D eigenvalue weighted by Gasteiger charge is -2.16. The van der Waals surface area contributed by atoms with E-state index in [1.165, 1.54) is 17.2 Å². The first kappa shape index (κ1) is 19.2. The number of anilines is 1. The van der Waals surface area contributed by atoms with Crippen molar-refractivity contribution >= 4 is 39.2 Å². The summed E-state index contributed by atoms with van der Waals surface area (Å²) in [6, 6.07) is 3.97. The van der Waals surface area contributed by atoms with Gasteiger partial charge in [0.05, 0.1) is 12.9 Å². The molecule has 150 valence electrons. The minimum atomic E-state index is -2.83. The van der Waals surface area contributed by atoms with E-state index in [9.17, 15) is 18.6 Å². The first-order valence-corrected chi connectivity index (χ1v) is 10.4. The number of aromatic nitrogens is 4. The van der Waals surface area contributed by atoms with Gasteiger partial charge in [-0.15, -0.1) is 11.3 Å². The molecular formula is C15H18N6O5S2. The standard InChI is InChI=1S/C15H18N6O5S2/c22-11-9(5-20-28(24)25)26-15(12(11)23)21-7-19-10-13(17-6-18-14(10)21)16-4-8-2-1-3-27-8/h1-3,6-7,9,11-12,15,22-23,28H,4-5H2,(H,16,17,18)(H,20,24,25)/t9-,11-,12-,15-/m1/s1. The van der Waals surface area contributed by atoms with E-state index in [1.54, 1.807) is 11.3 Å². The number of fused-ring (bicyclic) bond motifs is 1. The molecule has 4 rings (SSSR count). The third-order valence-corrected chi connectivity index (χ3v) is 5.72. The second-order valence-corrected chi connectivity index (χ2v) is 8.01. The number of rotatable bonds is 7. The van der Waals surface area contributed by atoms with E-state index < -0.39 is 35.4 Å². The van der Waals surface area contributed by atoms with E-state index >= 15 is 0 Å². The SMILES string of the molecule is O=[SH](=O)NC[C@H]1O[C@@H](n2cnc3c(NCc4cccs4)ncnc32)[C@H](O)[C@@H]1O. The smallest absolute Gasteiger partial charge is 0.201 e. The van der Waals surface area contributed by atoms with Gasteiger partial charge in [0.2, 0.25) is 10.9 Å². The first-order chi connectivity index (χ1) is 13.5. The zero-order chi connectivity index (χ0) is 19.7. The Bertz CT molecular complexity index is 1020. The average Bonchev–Trinajstić information content (AvgIpc) is 3.40. The van der Waals surface area contributed by atoms with Crippen molar-refractivity contribution in [2.75, 3.05) is 11.9 Å². The van der Waals surface area contributed by atoms with Gasteiger partial charge in [-0.3, -0.25) is 4.57 Å². The van der Waals surface area contributed by atoms with Crippen LogP contribution in [0.4, 0.5) is 5.82 Å². The van der Waals surface area contributed by atoms with Crippen LogP contribution in [0.2, 0.25) is 0 Å². The molecule has 0 bridgehead atoms. The van der Waals surface area contributed by atoms with E-state index in [-0.39, 0.29) is 6.54 Å². The average molecular weight is 426 g/mol. The number of thiophene rings is 1. The third-order valence-electron chi connectivity index (χ3n) is 4.40. The topological polar surface area (TPSA) is 151 Å². The molecule has 1 fully saturated rings. The number of ether oxygens (including phenoxy) is 1. The quantitative estimate of drug-likeness (QED) is 0.307. The Kier molecular flexibility index (Phi) is 5.52. The molecule has 11 nitrogen and oxygen atoms in total. The highest BCUT2D eigenvalue weighted by Crippen LogP contribution is 2.32. The fourth-order valence-electron chi connectivity index (χ4n) is 3.04. The fraction of sp³-hybridized carbons (Fsp3) is 0.400. The third kappa shape index (κ3) is 3.72. The number of aliphatic hydroxyl groups excluding tert-OH is 2. The minimum Gasteiger partial charge on any atom is -0.387 e. The molecule has 3 aromatic rings. The lowest BCUT2D eigenvalue weighted by atomic mass is 10.1. The van der Waals surface area contributed by atoms with Gasteiger partial charge in [-0.1, -0.05) is 6.07 Å². The Morgan fingerprint density at radius 3 is 2.86 bits per heavy atom. The molecule has 0 amide bonds. The van der Waals surface area contributed by atoms with Gasteiger partial charge < -0.3 is 20.3 Å². The molecule has 0 saturated carbocycles. The van der Waals surface area contributed by atoms with E-state index in [1.807, 2.05) is 17.5 Å². The minimum absolute atomic E-state index is 0.150. The van der Waals surface area contributed by atoms with Crippen molar-refractivity contribution in [3.8, 4) is 0 Å². The van der Waals surface area contributed by atoms with E-state index in [2.05, 4.69) is 25.0 Å². The van der Waals surface area contributed by atoms with Crippen molar-refractivity contribution in [3.63, 3.8) is 0 Å². The molecule has 4 N–H and O–H groups in total. The van der Waals surface area contributed by atoms with E-state index in [0.29, 0.717) is 23.5 Å². The molecule has 1 aliphatic rings. The number of hydrogen-bond donors (Lipinski definition) is 5. The van der Waals surface area contributed by atoms with Crippen molar-refractivity contribution in [2.24, 2.45) is 0 Å². The number of hydrogen-bond acceptors (Lipinski definition) is 10. The number of imidazole rings is 1. The summed E-state index contributed by atoms with van der Waals surface area (Å²) in [5.41, 5.74) is 0.914. The van der Waals surface area contributed by atoms with E-state index in [0.717, 1.165) is 4.88 Å². The van der Waals surface area contributed by atoms with Gasteiger partial charge in [0.1, 0.15) is 24.6 Å². The van der Waals surface area contributed by atoms with Crippen LogP contribution >= 0.6 is 11.3 Å². The lowest BCUT2D eigenvalue weighted by molar-refractivity contribution is -0.0329. The first-order valence-electron chi connectivity index (χ1n) is 8.38. The van der Waals surface area contributed by atoms with Crippen molar-refractivity contribution in [1.29, 1.82) is 0 Å². The van der Waals surface area contributed by atoms with Crippen molar-refractivity contribution < 1.29 is 23.4 Å². The largest absolute Gasteiger partial charge is 0.387 e. The summed E-state index contributed by atoms with van der Waals surface area (Å²) in [5.74, 6) is 0.534. The predicted molar refractivity (Wildman–Crippen MR) is 101 cm³/mol. The molecule has 0 aliphatic carbocycles. The monoisotopic (exact) mass is 426 g/mol. The molecular weight excluding hydrogens is 408 g/mol. The maximum absolute atomic E-state index is 10.7. The van der Waals surface area contributed by atoms with Gasteiger partial charge >= 0.3 is 0 Å². The Hall–Kier alpha value is -2.16. The van der Waals surface area contributed by atoms with Crippen LogP contribution in [0.1, 0.15) is 11.1 Å². The normalized spacial score (nSPS) is 25.0. The summed E-state index contributed by atoms with van der Waals surface area (Å²) in [7, 11) is -2.83. The fourth-order valence-corrected chi connectivity index (χ4v) is 4.02. The van der Waals surface area contributed by atoms with E-state index in [4.69, 9.17) is 4.74 Å². The van der Waals surface area contributed by atoms with Crippen molar-refractivity contribution in [1.82, 2.24) is 24.2 Å². The molecule has 0 spiro atoms. The number of nitrogens with zero attached hydrogens (tertiary/aromatic N) is 4. The van der Waals surface area contributed by atoms with Crippen molar-refractivity contribution in [3.05, 3.63) is 35.0 Å². The van der Waals surface area contributed by atoms with Crippen LogP contribution in [-0.2, 0) is 22.2 Å². The Morgan fingerprint density at radius 2 is 2.11 bits per heavy atom. The highest BCUT2D eigenvalue weighted by Gasteiger charge is 2.44. The highest BCUT2D eigenvalue weighted by atomic mass is 32.2. The van der Waals surface area contributed by atoms with Crippen LogP contribution in [0.5, 0.6) is 0 Å². The van der Waals surface area contributed by atoms with Crippen LogP contribution in [0, 0.1) is 0 Å². The molecule has 0 unspecified atom stereocenters.